The van der Waals surface area contributed by atoms with Crippen LogP contribution in [0.2, 0.25) is 0 Å². The quantitative estimate of drug-likeness (QED) is 0.432. The molecular formula is C5H11BrN2O2. The van der Waals surface area contributed by atoms with Gasteiger partial charge in [0.1, 0.15) is 0 Å². The van der Waals surface area contributed by atoms with Gasteiger partial charge in [0, 0.05) is 11.9 Å². The predicted octanol–water partition coefficient (Wildman–Crippen LogP) is -0.270. The molecule has 0 bridgehead atoms. The number of nitrogens with one attached hydrogen (secondary N) is 1. The van der Waals surface area contributed by atoms with E-state index in [0.29, 0.717) is 11.9 Å². The van der Waals surface area contributed by atoms with Gasteiger partial charge in [0.25, 0.3) is 0 Å². The minimum absolute atomic E-state index is 0.112. The molecule has 0 aliphatic heterocycles. The van der Waals surface area contributed by atoms with Crippen molar-refractivity contribution < 1.29 is 9.90 Å². The van der Waals surface area contributed by atoms with E-state index in [9.17, 15) is 4.79 Å². The molecule has 4 N–H and O–H groups in total. The second-order valence-electron chi connectivity index (χ2n) is 1.86. The Bertz CT molecular complexity index is 110. The lowest BCUT2D eigenvalue weighted by Gasteiger charge is -2.07. The Morgan fingerprint density at radius 1 is 1.80 bits per heavy atom. The molecular weight excluding hydrogens is 200 g/mol. The van der Waals surface area contributed by atoms with Crippen molar-refractivity contribution in [3.8, 4) is 0 Å². The van der Waals surface area contributed by atoms with Gasteiger partial charge < -0.3 is 16.2 Å². The number of aliphatic carboxylic acids is 1. The highest BCUT2D eigenvalue weighted by Crippen LogP contribution is 1.83. The van der Waals surface area contributed by atoms with Crippen LogP contribution in [0.15, 0.2) is 0 Å². The van der Waals surface area contributed by atoms with Gasteiger partial charge in [-0.1, -0.05) is 15.9 Å². The molecule has 0 amide bonds. The maximum Gasteiger partial charge on any atom is 0.304 e. The number of hydrogen-bond acceptors (Lipinski definition) is 3. The Morgan fingerprint density at radius 2 is 2.40 bits per heavy atom. The maximum absolute atomic E-state index is 9.98. The van der Waals surface area contributed by atoms with Crippen molar-refractivity contribution >= 4 is 21.9 Å². The highest BCUT2D eigenvalue weighted by atomic mass is 79.9. The Kier molecular flexibility index (Phi) is 5.57. The Hall–Kier alpha value is -0.130. The Labute approximate surface area is 67.9 Å². The molecule has 0 radical (unpaired) electrons. The fourth-order valence-electron chi connectivity index (χ4n) is 0.419. The van der Waals surface area contributed by atoms with Crippen LogP contribution in [-0.4, -0.2) is 29.1 Å². The number of carbonyl (C=O) groups is 1. The molecule has 0 fully saturated rings. The monoisotopic (exact) mass is 210 g/mol. The van der Waals surface area contributed by atoms with Crippen molar-refractivity contribution in [2.75, 3.05) is 11.9 Å². The third kappa shape index (κ3) is 6.00. The molecule has 4 nitrogen and oxygen atoms in total. The lowest BCUT2D eigenvalue weighted by molar-refractivity contribution is -0.136. The van der Waals surface area contributed by atoms with Crippen LogP contribution < -0.4 is 11.1 Å². The average Bonchev–Trinajstić information content (AvgIpc) is 1.87. The molecule has 0 aromatic heterocycles. The van der Waals surface area contributed by atoms with Crippen molar-refractivity contribution in [2.24, 2.45) is 5.73 Å². The first-order chi connectivity index (χ1) is 4.66. The number of carboxylic acids is 1. The number of halogens is 1. The third-order valence-corrected chi connectivity index (χ3v) is 1.61. The van der Waals surface area contributed by atoms with Gasteiger partial charge in [-0.2, -0.15) is 0 Å². The van der Waals surface area contributed by atoms with E-state index < -0.39 is 5.97 Å². The second-order valence-corrected chi connectivity index (χ2v) is 2.51. The van der Waals surface area contributed by atoms with Crippen molar-refractivity contribution in [3.05, 3.63) is 0 Å². The number of rotatable bonds is 5. The number of alkyl halides is 1. The predicted molar refractivity (Wildman–Crippen MR) is 42.0 cm³/mol. The molecule has 0 heterocycles. The summed E-state index contributed by atoms with van der Waals surface area (Å²) in [6.07, 6.45) is -0.0416. The fourth-order valence-corrected chi connectivity index (χ4v) is 0.648. The van der Waals surface area contributed by atoms with Crippen molar-refractivity contribution in [1.82, 2.24) is 5.32 Å². The minimum Gasteiger partial charge on any atom is -0.481 e. The first-order valence-electron chi connectivity index (χ1n) is 2.93. The summed E-state index contributed by atoms with van der Waals surface area (Å²) in [6, 6.07) is 0. The molecule has 60 valence electrons. The molecule has 0 saturated carbocycles. The van der Waals surface area contributed by atoms with E-state index in [-0.39, 0.29) is 12.6 Å². The van der Waals surface area contributed by atoms with Crippen LogP contribution in [0.3, 0.4) is 0 Å². The molecule has 5 heteroatoms. The molecule has 0 rings (SSSR count). The molecule has 10 heavy (non-hydrogen) atoms. The molecule has 1 atom stereocenters. The van der Waals surface area contributed by atoms with E-state index in [1.807, 2.05) is 0 Å². The molecule has 0 aliphatic rings. The molecule has 1 unspecified atom stereocenters. The summed E-state index contributed by atoms with van der Waals surface area (Å²) in [6.45, 7) is 0.419. The van der Waals surface area contributed by atoms with Crippen LogP contribution in [-0.2, 0) is 4.79 Å². The zero-order valence-corrected chi connectivity index (χ0v) is 7.10. The zero-order valence-electron chi connectivity index (χ0n) is 5.51. The number of carboxylic acid groups (broad SMARTS) is 1. The van der Waals surface area contributed by atoms with Gasteiger partial charge >= 0.3 is 5.97 Å². The third-order valence-electron chi connectivity index (χ3n) is 0.912. The SMILES string of the molecule is NC(CBr)NCCC(=O)O. The molecule has 0 aromatic carbocycles. The number of hydrogen-bond donors (Lipinski definition) is 3. The van der Waals surface area contributed by atoms with Crippen molar-refractivity contribution in [2.45, 2.75) is 12.6 Å². The van der Waals surface area contributed by atoms with Crippen LogP contribution in [0.5, 0.6) is 0 Å². The van der Waals surface area contributed by atoms with E-state index >= 15 is 0 Å². The van der Waals surface area contributed by atoms with Gasteiger partial charge in [0.2, 0.25) is 0 Å². The van der Waals surface area contributed by atoms with Crippen LogP contribution in [0.25, 0.3) is 0 Å². The van der Waals surface area contributed by atoms with Gasteiger partial charge in [0.15, 0.2) is 0 Å². The van der Waals surface area contributed by atoms with Gasteiger partial charge in [-0.15, -0.1) is 0 Å². The zero-order chi connectivity index (χ0) is 7.98. The summed E-state index contributed by atoms with van der Waals surface area (Å²) in [5, 5.41) is 11.7. The van der Waals surface area contributed by atoms with E-state index in [0.717, 1.165) is 0 Å². The standard InChI is InChI=1S/C5H11BrN2O2/c6-3-4(7)8-2-1-5(9)10/h4,8H,1-3,7H2,(H,9,10). The van der Waals surface area contributed by atoms with Gasteiger partial charge in [-0.25, -0.2) is 0 Å². The second kappa shape index (κ2) is 5.64. The first kappa shape index (κ1) is 9.87. The van der Waals surface area contributed by atoms with E-state index in [1.165, 1.54) is 0 Å². The molecule has 0 aromatic rings. The smallest absolute Gasteiger partial charge is 0.304 e. The van der Waals surface area contributed by atoms with Crippen LogP contribution in [0, 0.1) is 0 Å². The van der Waals surface area contributed by atoms with Crippen molar-refractivity contribution in [3.63, 3.8) is 0 Å². The molecule has 0 saturated heterocycles. The Balaban J connectivity index is 3.11. The lowest BCUT2D eigenvalue weighted by Crippen LogP contribution is -2.39. The van der Waals surface area contributed by atoms with E-state index in [4.69, 9.17) is 10.8 Å². The summed E-state index contributed by atoms with van der Waals surface area (Å²) in [5.41, 5.74) is 5.41. The minimum atomic E-state index is -0.811. The molecule has 0 aliphatic carbocycles. The summed E-state index contributed by atoms with van der Waals surface area (Å²) >= 11 is 3.15. The Morgan fingerprint density at radius 3 is 2.80 bits per heavy atom. The lowest BCUT2D eigenvalue weighted by atomic mass is 10.4. The van der Waals surface area contributed by atoms with Crippen LogP contribution in [0.4, 0.5) is 0 Å². The van der Waals surface area contributed by atoms with Crippen LogP contribution in [0.1, 0.15) is 6.42 Å². The fraction of sp³-hybridized carbons (Fsp3) is 0.800. The number of nitrogens with two attached hydrogens (primary N) is 1. The van der Waals surface area contributed by atoms with E-state index in [1.54, 1.807) is 0 Å². The highest BCUT2D eigenvalue weighted by molar-refractivity contribution is 9.09. The van der Waals surface area contributed by atoms with Crippen molar-refractivity contribution in [1.29, 1.82) is 0 Å². The van der Waals surface area contributed by atoms with Gasteiger partial charge in [-0.3, -0.25) is 4.79 Å². The van der Waals surface area contributed by atoms with E-state index in [2.05, 4.69) is 21.2 Å². The highest BCUT2D eigenvalue weighted by Gasteiger charge is 1.99. The summed E-state index contributed by atoms with van der Waals surface area (Å²) in [4.78, 5) is 9.98. The van der Waals surface area contributed by atoms with Gasteiger partial charge in [-0.05, 0) is 0 Å². The molecule has 0 spiro atoms. The first-order valence-corrected chi connectivity index (χ1v) is 4.05. The van der Waals surface area contributed by atoms with Crippen LogP contribution >= 0.6 is 15.9 Å². The summed E-state index contributed by atoms with van der Waals surface area (Å²) < 4.78 is 0. The largest absolute Gasteiger partial charge is 0.481 e. The normalized spacial score (nSPS) is 13.0. The topological polar surface area (TPSA) is 75.3 Å². The summed E-state index contributed by atoms with van der Waals surface area (Å²) in [5.74, 6) is -0.811. The maximum atomic E-state index is 9.98. The average molecular weight is 211 g/mol. The summed E-state index contributed by atoms with van der Waals surface area (Å²) in [7, 11) is 0. The van der Waals surface area contributed by atoms with Gasteiger partial charge in [0.05, 0.1) is 12.6 Å².